The molecule has 0 aliphatic carbocycles. The van der Waals surface area contributed by atoms with Crippen LogP contribution in [0.4, 0.5) is 0 Å². The van der Waals surface area contributed by atoms with Gasteiger partial charge >= 0.3 is 5.97 Å². The van der Waals surface area contributed by atoms with E-state index in [1.165, 1.54) is 0 Å². The molecule has 5 nitrogen and oxygen atoms in total. The van der Waals surface area contributed by atoms with Crippen LogP contribution in [0.25, 0.3) is 0 Å². The molecule has 114 valence electrons. The highest BCUT2D eigenvalue weighted by atomic mass is 16.5. The van der Waals surface area contributed by atoms with Gasteiger partial charge in [-0.2, -0.15) is 0 Å². The Kier molecular flexibility index (Phi) is 4.83. The number of ether oxygens (including phenoxy) is 1. The lowest BCUT2D eigenvalue weighted by Gasteiger charge is -2.30. The van der Waals surface area contributed by atoms with Gasteiger partial charge in [-0.25, -0.2) is 0 Å². The van der Waals surface area contributed by atoms with Gasteiger partial charge in [0.2, 0.25) is 0 Å². The van der Waals surface area contributed by atoms with E-state index in [0.29, 0.717) is 25.9 Å². The van der Waals surface area contributed by atoms with E-state index in [0.717, 1.165) is 16.9 Å². The Bertz CT molecular complexity index is 533. The van der Waals surface area contributed by atoms with E-state index in [9.17, 15) is 9.59 Å². The number of benzene rings is 1. The molecule has 0 atom stereocenters. The second-order valence-electron chi connectivity index (χ2n) is 5.48. The predicted octanol–water partition coefficient (Wildman–Crippen LogP) is 2.01. The van der Waals surface area contributed by atoms with E-state index >= 15 is 0 Å². The van der Waals surface area contributed by atoms with Crippen LogP contribution in [-0.4, -0.2) is 41.6 Å². The van der Waals surface area contributed by atoms with Crippen molar-refractivity contribution in [2.75, 3.05) is 19.7 Å². The molecule has 0 radical (unpaired) electrons. The molecular formula is C16H21NO4. The number of aliphatic carboxylic acids is 1. The lowest BCUT2D eigenvalue weighted by molar-refractivity contribution is -0.146. The molecule has 0 spiro atoms. The van der Waals surface area contributed by atoms with Crippen molar-refractivity contribution < 1.29 is 19.4 Å². The molecule has 1 heterocycles. The molecule has 1 aliphatic heterocycles. The molecule has 0 saturated carbocycles. The fraction of sp³-hybridized carbons (Fsp3) is 0.500. The first-order valence-corrected chi connectivity index (χ1v) is 7.18. The summed E-state index contributed by atoms with van der Waals surface area (Å²) in [7, 11) is 0. The molecule has 1 amide bonds. The number of carboxylic acids is 1. The van der Waals surface area contributed by atoms with Crippen molar-refractivity contribution in [2.24, 2.45) is 5.92 Å². The second-order valence-corrected chi connectivity index (χ2v) is 5.48. The summed E-state index contributed by atoms with van der Waals surface area (Å²) in [6.07, 6.45) is 1.04. The summed E-state index contributed by atoms with van der Waals surface area (Å²) in [5, 5.41) is 8.94. The Morgan fingerprint density at radius 2 is 1.95 bits per heavy atom. The normalized spacial score (nSPS) is 15.8. The number of carboxylic acid groups (broad SMARTS) is 1. The van der Waals surface area contributed by atoms with Gasteiger partial charge in [-0.15, -0.1) is 0 Å². The number of hydrogen-bond donors (Lipinski definition) is 1. The van der Waals surface area contributed by atoms with Crippen molar-refractivity contribution in [3.8, 4) is 5.75 Å². The highest BCUT2D eigenvalue weighted by molar-refractivity contribution is 5.78. The van der Waals surface area contributed by atoms with Gasteiger partial charge in [0, 0.05) is 13.1 Å². The van der Waals surface area contributed by atoms with Crippen molar-refractivity contribution >= 4 is 11.9 Å². The minimum absolute atomic E-state index is 0.00202. The third-order valence-corrected chi connectivity index (χ3v) is 4.10. The zero-order valence-corrected chi connectivity index (χ0v) is 12.5. The molecule has 2 rings (SSSR count). The standard InChI is InChI=1S/C16H21NO4/c1-11-4-3-5-14(12(11)2)21-10-15(18)17-8-6-13(7-9-17)16(19)20/h3-5,13H,6-10H2,1-2H3,(H,19,20). The molecule has 1 aromatic rings. The monoisotopic (exact) mass is 291 g/mol. The van der Waals surface area contributed by atoms with Crippen molar-refractivity contribution in [3.05, 3.63) is 29.3 Å². The molecule has 1 saturated heterocycles. The minimum atomic E-state index is -0.770. The number of carbonyl (C=O) groups excluding carboxylic acids is 1. The molecule has 0 aromatic heterocycles. The average Bonchev–Trinajstić information content (AvgIpc) is 2.48. The number of rotatable bonds is 4. The number of piperidine rings is 1. The van der Waals surface area contributed by atoms with Crippen LogP contribution < -0.4 is 4.74 Å². The van der Waals surface area contributed by atoms with Gasteiger partial charge < -0.3 is 14.7 Å². The van der Waals surface area contributed by atoms with Gasteiger partial charge in [-0.3, -0.25) is 9.59 Å². The number of amides is 1. The third-order valence-electron chi connectivity index (χ3n) is 4.10. The molecule has 1 fully saturated rings. The van der Waals surface area contributed by atoms with Crippen LogP contribution in [0.5, 0.6) is 5.75 Å². The number of carbonyl (C=O) groups is 2. The predicted molar refractivity (Wildman–Crippen MR) is 78.4 cm³/mol. The fourth-order valence-electron chi connectivity index (χ4n) is 2.49. The van der Waals surface area contributed by atoms with E-state index < -0.39 is 5.97 Å². The van der Waals surface area contributed by atoms with Gasteiger partial charge in [0.15, 0.2) is 6.61 Å². The van der Waals surface area contributed by atoms with Crippen molar-refractivity contribution in [1.29, 1.82) is 0 Å². The van der Waals surface area contributed by atoms with Crippen LogP contribution >= 0.6 is 0 Å². The quantitative estimate of drug-likeness (QED) is 0.921. The van der Waals surface area contributed by atoms with Crippen molar-refractivity contribution in [1.82, 2.24) is 4.90 Å². The van der Waals surface area contributed by atoms with Gasteiger partial charge in [0.1, 0.15) is 5.75 Å². The van der Waals surface area contributed by atoms with Crippen LogP contribution in [0.15, 0.2) is 18.2 Å². The van der Waals surface area contributed by atoms with E-state index in [1.54, 1.807) is 4.90 Å². The lowest BCUT2D eigenvalue weighted by Crippen LogP contribution is -2.42. The summed E-state index contributed by atoms with van der Waals surface area (Å²) in [6, 6.07) is 5.76. The lowest BCUT2D eigenvalue weighted by atomic mass is 9.97. The maximum Gasteiger partial charge on any atom is 0.306 e. The highest BCUT2D eigenvalue weighted by Crippen LogP contribution is 2.21. The van der Waals surface area contributed by atoms with Crippen LogP contribution in [0.2, 0.25) is 0 Å². The van der Waals surface area contributed by atoms with Gasteiger partial charge in [0.05, 0.1) is 5.92 Å². The van der Waals surface area contributed by atoms with Crippen molar-refractivity contribution in [2.45, 2.75) is 26.7 Å². The molecule has 21 heavy (non-hydrogen) atoms. The zero-order chi connectivity index (χ0) is 15.4. The first-order chi connectivity index (χ1) is 9.99. The SMILES string of the molecule is Cc1cccc(OCC(=O)N2CCC(C(=O)O)CC2)c1C. The zero-order valence-electron chi connectivity index (χ0n) is 12.5. The Morgan fingerprint density at radius 1 is 1.29 bits per heavy atom. The summed E-state index contributed by atoms with van der Waals surface area (Å²) < 4.78 is 5.60. The smallest absolute Gasteiger partial charge is 0.306 e. The maximum atomic E-state index is 12.1. The first kappa shape index (κ1) is 15.4. The summed E-state index contributed by atoms with van der Waals surface area (Å²) in [6.45, 7) is 4.95. The average molecular weight is 291 g/mol. The molecular weight excluding hydrogens is 270 g/mol. The number of aryl methyl sites for hydroxylation is 1. The van der Waals surface area contributed by atoms with Crippen LogP contribution in [0.1, 0.15) is 24.0 Å². The Hall–Kier alpha value is -2.04. The van der Waals surface area contributed by atoms with E-state index in [4.69, 9.17) is 9.84 Å². The molecule has 0 unspecified atom stereocenters. The van der Waals surface area contributed by atoms with Crippen LogP contribution in [0, 0.1) is 19.8 Å². The molecule has 1 aromatic carbocycles. The summed E-state index contributed by atoms with van der Waals surface area (Å²) >= 11 is 0. The topological polar surface area (TPSA) is 66.8 Å². The van der Waals surface area contributed by atoms with Crippen molar-refractivity contribution in [3.63, 3.8) is 0 Å². The van der Waals surface area contributed by atoms with E-state index in [1.807, 2.05) is 32.0 Å². The minimum Gasteiger partial charge on any atom is -0.483 e. The van der Waals surface area contributed by atoms with Gasteiger partial charge in [-0.05, 0) is 43.9 Å². The molecule has 1 N–H and O–H groups in total. The molecule has 1 aliphatic rings. The Balaban J connectivity index is 1.85. The first-order valence-electron chi connectivity index (χ1n) is 7.18. The van der Waals surface area contributed by atoms with Gasteiger partial charge in [0.25, 0.3) is 5.91 Å². The van der Waals surface area contributed by atoms with E-state index in [2.05, 4.69) is 0 Å². The fourth-order valence-corrected chi connectivity index (χ4v) is 2.49. The molecule has 0 bridgehead atoms. The van der Waals surface area contributed by atoms with E-state index in [-0.39, 0.29) is 18.4 Å². The summed E-state index contributed by atoms with van der Waals surface area (Å²) in [5.74, 6) is -0.453. The van der Waals surface area contributed by atoms with Crippen LogP contribution in [-0.2, 0) is 9.59 Å². The maximum absolute atomic E-state index is 12.1. The second kappa shape index (κ2) is 6.61. The Labute approximate surface area is 124 Å². The number of hydrogen-bond acceptors (Lipinski definition) is 3. The largest absolute Gasteiger partial charge is 0.483 e. The van der Waals surface area contributed by atoms with Gasteiger partial charge in [-0.1, -0.05) is 12.1 Å². The third kappa shape index (κ3) is 3.74. The summed E-state index contributed by atoms with van der Waals surface area (Å²) in [5.41, 5.74) is 2.16. The molecule has 5 heteroatoms. The summed E-state index contributed by atoms with van der Waals surface area (Å²) in [4.78, 5) is 24.7. The number of nitrogens with zero attached hydrogens (tertiary/aromatic N) is 1. The Morgan fingerprint density at radius 3 is 2.57 bits per heavy atom. The number of likely N-dealkylation sites (tertiary alicyclic amines) is 1. The van der Waals surface area contributed by atoms with Crippen LogP contribution in [0.3, 0.4) is 0 Å². The highest BCUT2D eigenvalue weighted by Gasteiger charge is 2.27.